The van der Waals surface area contributed by atoms with Crippen molar-refractivity contribution in [2.24, 2.45) is 0 Å². The summed E-state index contributed by atoms with van der Waals surface area (Å²) in [5, 5.41) is 3.02. The lowest BCUT2D eigenvalue weighted by Crippen LogP contribution is -2.49. The van der Waals surface area contributed by atoms with Crippen molar-refractivity contribution in [2.75, 3.05) is 23.7 Å². The van der Waals surface area contributed by atoms with Crippen molar-refractivity contribution in [3.05, 3.63) is 59.9 Å². The van der Waals surface area contributed by atoms with E-state index in [0.29, 0.717) is 23.6 Å². The molecule has 8 nitrogen and oxygen atoms in total. The second-order valence-electron chi connectivity index (χ2n) is 9.62. The molecule has 38 heavy (non-hydrogen) atoms. The zero-order valence-electron chi connectivity index (χ0n) is 22.4. The first-order chi connectivity index (χ1) is 18.1. The summed E-state index contributed by atoms with van der Waals surface area (Å²) in [5.41, 5.74) is 0.710. The first-order valence-electron chi connectivity index (χ1n) is 13.1. The average molecular weight is 548 g/mol. The molecule has 1 aliphatic carbocycles. The summed E-state index contributed by atoms with van der Waals surface area (Å²) in [7, 11) is -3.66. The summed E-state index contributed by atoms with van der Waals surface area (Å²) < 4.78 is 46.5. The number of ether oxygens (including phenoxy) is 1. The molecule has 0 saturated heterocycles. The highest BCUT2D eigenvalue weighted by molar-refractivity contribution is 7.92. The highest BCUT2D eigenvalue weighted by atomic mass is 32.2. The van der Waals surface area contributed by atoms with Crippen LogP contribution in [0.15, 0.2) is 48.5 Å². The number of para-hydroxylation sites is 2. The van der Waals surface area contributed by atoms with Crippen molar-refractivity contribution in [2.45, 2.75) is 71.0 Å². The van der Waals surface area contributed by atoms with Crippen LogP contribution < -0.4 is 14.4 Å². The minimum Gasteiger partial charge on any atom is -0.492 e. The number of halogens is 1. The van der Waals surface area contributed by atoms with Gasteiger partial charge in [0.25, 0.3) is 0 Å². The molecular weight excluding hydrogens is 509 g/mol. The van der Waals surface area contributed by atoms with Gasteiger partial charge in [-0.25, -0.2) is 12.8 Å². The van der Waals surface area contributed by atoms with Crippen LogP contribution in [0.1, 0.15) is 57.9 Å². The number of amides is 2. The minimum absolute atomic E-state index is 0.0156. The third-order valence-electron chi connectivity index (χ3n) is 6.75. The van der Waals surface area contributed by atoms with E-state index in [2.05, 4.69) is 5.32 Å². The van der Waals surface area contributed by atoms with Gasteiger partial charge in [-0.1, -0.05) is 43.2 Å². The lowest BCUT2D eigenvalue weighted by molar-refractivity contribution is -0.141. The Morgan fingerprint density at radius 3 is 2.42 bits per heavy atom. The Bertz CT molecular complexity index is 1200. The van der Waals surface area contributed by atoms with Gasteiger partial charge in [0.1, 0.15) is 17.6 Å². The standard InChI is InChI=1S/C28H38FN3O5S/c1-4-37-26-17-10-9-16-25(26)32(38(3,35)36)19-11-18-27(33)31(20-22-12-5-8-15-24(22)29)21(2)28(34)30-23-13-6-7-14-23/h5,8-10,12,15-17,21,23H,4,6-7,11,13-14,18-20H2,1-3H3,(H,30,34). The van der Waals surface area contributed by atoms with Gasteiger partial charge >= 0.3 is 0 Å². The zero-order valence-corrected chi connectivity index (χ0v) is 23.2. The van der Waals surface area contributed by atoms with Crippen molar-refractivity contribution in [3.8, 4) is 5.75 Å². The third kappa shape index (κ3) is 7.93. The van der Waals surface area contributed by atoms with E-state index in [0.717, 1.165) is 31.9 Å². The van der Waals surface area contributed by atoms with E-state index in [1.165, 1.54) is 15.3 Å². The third-order valence-corrected chi connectivity index (χ3v) is 7.93. The van der Waals surface area contributed by atoms with Gasteiger partial charge in [0.2, 0.25) is 21.8 Å². The monoisotopic (exact) mass is 547 g/mol. The molecule has 2 aromatic carbocycles. The van der Waals surface area contributed by atoms with Gasteiger partial charge in [-0.05, 0) is 51.3 Å². The van der Waals surface area contributed by atoms with Crippen molar-refractivity contribution >= 4 is 27.5 Å². The van der Waals surface area contributed by atoms with Gasteiger partial charge < -0.3 is 15.0 Å². The number of nitrogens with one attached hydrogen (secondary N) is 1. The molecule has 0 aromatic heterocycles. The van der Waals surface area contributed by atoms with Crippen LogP contribution in [-0.2, 0) is 26.2 Å². The first kappa shape index (κ1) is 29.4. The topological polar surface area (TPSA) is 96.0 Å². The molecule has 208 valence electrons. The minimum atomic E-state index is -3.66. The summed E-state index contributed by atoms with van der Waals surface area (Å²) in [6.45, 7) is 3.82. The molecule has 0 radical (unpaired) electrons. The molecule has 0 heterocycles. The summed E-state index contributed by atoms with van der Waals surface area (Å²) >= 11 is 0. The van der Waals surface area contributed by atoms with Gasteiger partial charge in [0.15, 0.2) is 0 Å². The van der Waals surface area contributed by atoms with Gasteiger partial charge in [-0.2, -0.15) is 0 Å². The second kappa shape index (κ2) is 13.6. The molecule has 0 bridgehead atoms. The fraction of sp³-hybridized carbons (Fsp3) is 0.500. The highest BCUT2D eigenvalue weighted by Gasteiger charge is 2.29. The van der Waals surface area contributed by atoms with Crippen LogP contribution in [0, 0.1) is 5.82 Å². The average Bonchev–Trinajstić information content (AvgIpc) is 3.39. The van der Waals surface area contributed by atoms with Crippen molar-refractivity contribution in [1.82, 2.24) is 10.2 Å². The van der Waals surface area contributed by atoms with Crippen LogP contribution in [0.4, 0.5) is 10.1 Å². The van der Waals surface area contributed by atoms with Gasteiger partial charge in [0.05, 0.1) is 18.6 Å². The Hall–Kier alpha value is -3.14. The molecule has 1 fully saturated rings. The van der Waals surface area contributed by atoms with Crippen molar-refractivity contribution < 1.29 is 27.1 Å². The molecule has 0 spiro atoms. The smallest absolute Gasteiger partial charge is 0.242 e. The molecule has 2 amide bonds. The predicted octanol–water partition coefficient (Wildman–Crippen LogP) is 4.25. The largest absolute Gasteiger partial charge is 0.492 e. The van der Waals surface area contributed by atoms with Crippen LogP contribution in [-0.4, -0.2) is 56.6 Å². The molecule has 1 unspecified atom stereocenters. The predicted molar refractivity (Wildman–Crippen MR) is 146 cm³/mol. The lowest BCUT2D eigenvalue weighted by atomic mass is 10.1. The molecule has 0 aliphatic heterocycles. The van der Waals surface area contributed by atoms with Gasteiger partial charge in [-0.3, -0.25) is 13.9 Å². The Morgan fingerprint density at radius 1 is 1.11 bits per heavy atom. The van der Waals surface area contributed by atoms with E-state index in [9.17, 15) is 22.4 Å². The number of nitrogens with zero attached hydrogens (tertiary/aromatic N) is 2. The van der Waals surface area contributed by atoms with E-state index in [1.807, 2.05) is 6.92 Å². The van der Waals surface area contributed by atoms with Crippen LogP contribution in [0.3, 0.4) is 0 Å². The molecule has 10 heteroatoms. The van der Waals surface area contributed by atoms with E-state index in [4.69, 9.17) is 4.74 Å². The quantitative estimate of drug-likeness (QED) is 0.405. The number of carbonyl (C=O) groups excluding carboxylic acids is 2. The molecule has 1 atom stereocenters. The molecule has 1 saturated carbocycles. The van der Waals surface area contributed by atoms with Crippen molar-refractivity contribution in [1.29, 1.82) is 0 Å². The van der Waals surface area contributed by atoms with Crippen LogP contribution in [0.25, 0.3) is 0 Å². The van der Waals surface area contributed by atoms with Gasteiger partial charge in [0, 0.05) is 31.1 Å². The number of hydrogen-bond acceptors (Lipinski definition) is 5. The fourth-order valence-corrected chi connectivity index (χ4v) is 5.68. The maximum Gasteiger partial charge on any atom is 0.242 e. The summed E-state index contributed by atoms with van der Waals surface area (Å²) in [6, 6.07) is 12.3. The normalized spacial score (nSPS) is 14.6. The van der Waals surface area contributed by atoms with Gasteiger partial charge in [-0.15, -0.1) is 0 Å². The van der Waals surface area contributed by atoms with Crippen LogP contribution >= 0.6 is 0 Å². The maximum atomic E-state index is 14.5. The Balaban J connectivity index is 1.75. The summed E-state index contributed by atoms with van der Waals surface area (Å²) in [6.07, 6.45) is 5.22. The second-order valence-corrected chi connectivity index (χ2v) is 11.5. The van der Waals surface area contributed by atoms with E-state index in [-0.39, 0.29) is 43.8 Å². The highest BCUT2D eigenvalue weighted by Crippen LogP contribution is 2.30. The van der Waals surface area contributed by atoms with Crippen LogP contribution in [0.2, 0.25) is 0 Å². The molecule has 3 rings (SSSR count). The number of carbonyl (C=O) groups is 2. The number of hydrogen-bond donors (Lipinski definition) is 1. The lowest BCUT2D eigenvalue weighted by Gasteiger charge is -2.30. The zero-order chi connectivity index (χ0) is 27.7. The molecular formula is C28H38FN3O5S. The summed E-state index contributed by atoms with van der Waals surface area (Å²) in [5.74, 6) is -0.645. The number of rotatable bonds is 13. The fourth-order valence-electron chi connectivity index (χ4n) is 4.71. The molecule has 1 aliphatic rings. The molecule has 1 N–H and O–H groups in total. The van der Waals surface area contributed by atoms with E-state index >= 15 is 0 Å². The summed E-state index contributed by atoms with van der Waals surface area (Å²) in [4.78, 5) is 27.8. The maximum absolute atomic E-state index is 14.5. The first-order valence-corrected chi connectivity index (χ1v) is 15.0. The Morgan fingerprint density at radius 2 is 1.76 bits per heavy atom. The number of sulfonamides is 1. The molecule has 2 aromatic rings. The SMILES string of the molecule is CCOc1ccccc1N(CCCC(=O)N(Cc1ccccc1F)C(C)C(=O)NC1CCCC1)S(C)(=O)=O. The van der Waals surface area contributed by atoms with Crippen molar-refractivity contribution in [3.63, 3.8) is 0 Å². The van der Waals surface area contributed by atoms with E-state index in [1.54, 1.807) is 49.4 Å². The number of anilines is 1. The van der Waals surface area contributed by atoms with E-state index < -0.39 is 21.9 Å². The Labute approximate surface area is 225 Å². The van der Waals surface area contributed by atoms with Crippen LogP contribution in [0.5, 0.6) is 5.75 Å². The number of benzene rings is 2. The Kier molecular flexibility index (Phi) is 10.5.